The quantitative estimate of drug-likeness (QED) is 0.0505. The second kappa shape index (κ2) is 18.6. The Hall–Kier alpha value is -5.84. The van der Waals surface area contributed by atoms with E-state index in [9.17, 15) is 40.3 Å². The van der Waals surface area contributed by atoms with Gasteiger partial charge in [-0.25, -0.2) is 4.79 Å². The summed E-state index contributed by atoms with van der Waals surface area (Å²) in [7, 11) is 1.55. The molecule has 0 radical (unpaired) electrons. The van der Waals surface area contributed by atoms with E-state index in [1.54, 1.807) is 37.4 Å². The van der Waals surface area contributed by atoms with Gasteiger partial charge in [-0.2, -0.15) is 0 Å². The average molecular weight is 801 g/mol. The Morgan fingerprint density at radius 2 is 1.64 bits per heavy atom. The van der Waals surface area contributed by atoms with Gasteiger partial charge in [0.2, 0.25) is 5.79 Å². The van der Waals surface area contributed by atoms with Crippen LogP contribution < -0.4 is 9.47 Å². The zero-order chi connectivity index (χ0) is 41.4. The molecule has 0 unspecified atom stereocenters. The summed E-state index contributed by atoms with van der Waals surface area (Å²) >= 11 is 0. The molecule has 3 N–H and O–H groups in total. The van der Waals surface area contributed by atoms with Gasteiger partial charge in [-0.15, -0.1) is 6.58 Å². The van der Waals surface area contributed by atoms with Gasteiger partial charge in [0.15, 0.2) is 0 Å². The molecule has 16 heteroatoms. The maximum absolute atomic E-state index is 14.1. The van der Waals surface area contributed by atoms with Crippen LogP contribution in [0.2, 0.25) is 0 Å². The van der Waals surface area contributed by atoms with Crippen LogP contribution in [0.1, 0.15) is 62.0 Å². The maximum Gasteiger partial charge on any atom is 0.415 e. The van der Waals surface area contributed by atoms with Crippen LogP contribution in [-0.4, -0.2) is 80.6 Å². The highest BCUT2D eigenvalue weighted by molar-refractivity contribution is 6.03. The standard InChI is InChI=1S/C42H48N4O12/c1-3-22-55-42-38(44(2)41(50)57-32-17-14-30(15-18-32)46(53)54)25-36(43-56-26-27-10-12-29(13-11-27)45(51)52)34-23-28(8-4-6-20-47)33(9-5-7-21-48)39(40(34)42)35-24-31(49)16-19-37(35)58-42/h3,10-19,23-24,28,33,38-40,47-49H,1,4-9,20-22,25-26H2,2H3/t28-,33+,38-,39+,40+,42+/m0/s1. The Morgan fingerprint density at radius 1 is 0.983 bits per heavy atom. The van der Waals surface area contributed by atoms with Gasteiger partial charge in [-0.1, -0.05) is 30.1 Å². The molecule has 0 aromatic heterocycles. The van der Waals surface area contributed by atoms with Crippen molar-refractivity contribution in [1.82, 2.24) is 4.90 Å². The van der Waals surface area contributed by atoms with Gasteiger partial charge in [-0.3, -0.25) is 20.2 Å². The molecule has 0 spiro atoms. The number of fused-ring (bicyclic) bond motifs is 2. The lowest BCUT2D eigenvalue weighted by molar-refractivity contribution is -0.385. The molecule has 2 aliphatic carbocycles. The van der Waals surface area contributed by atoms with Crippen molar-refractivity contribution in [3.05, 3.63) is 122 Å². The molecule has 0 bridgehead atoms. The average Bonchev–Trinajstić information content (AvgIpc) is 3.21. The molecule has 3 aliphatic rings. The van der Waals surface area contributed by atoms with Crippen molar-refractivity contribution in [2.45, 2.75) is 69.3 Å². The number of allylic oxidation sites excluding steroid dienone is 1. The number of carbonyl (C=O) groups excluding carboxylic acids is 1. The molecule has 1 amide bonds. The van der Waals surface area contributed by atoms with Crippen LogP contribution in [0.5, 0.6) is 17.2 Å². The molecular formula is C42H48N4O12. The number of hydrogen-bond acceptors (Lipinski definition) is 13. The number of nitro benzene ring substituents is 2. The highest BCUT2D eigenvalue weighted by Gasteiger charge is 2.65. The van der Waals surface area contributed by atoms with Gasteiger partial charge >= 0.3 is 6.09 Å². The van der Waals surface area contributed by atoms with Crippen molar-refractivity contribution in [3.8, 4) is 17.2 Å². The number of oxime groups is 1. The molecule has 16 nitrogen and oxygen atoms in total. The van der Waals surface area contributed by atoms with Crippen LogP contribution in [0.4, 0.5) is 16.2 Å². The fraction of sp³-hybridized carbons (Fsp3) is 0.429. The van der Waals surface area contributed by atoms with E-state index in [0.29, 0.717) is 42.7 Å². The summed E-state index contributed by atoms with van der Waals surface area (Å²) in [6.45, 7) is 3.98. The number of hydrogen-bond donors (Lipinski definition) is 3. The van der Waals surface area contributed by atoms with Gasteiger partial charge in [0, 0.05) is 62.4 Å². The van der Waals surface area contributed by atoms with E-state index in [1.807, 2.05) is 0 Å². The number of aromatic hydroxyl groups is 1. The molecule has 58 heavy (non-hydrogen) atoms. The molecule has 1 saturated carbocycles. The van der Waals surface area contributed by atoms with Gasteiger partial charge in [0.1, 0.15) is 29.9 Å². The Balaban J connectivity index is 1.49. The first-order valence-electron chi connectivity index (χ1n) is 19.3. The van der Waals surface area contributed by atoms with E-state index in [-0.39, 0.29) is 73.5 Å². The monoisotopic (exact) mass is 800 g/mol. The van der Waals surface area contributed by atoms with Gasteiger partial charge in [0.25, 0.3) is 11.4 Å². The minimum atomic E-state index is -1.57. The molecule has 1 aliphatic heterocycles. The summed E-state index contributed by atoms with van der Waals surface area (Å²) in [6, 6.07) is 15.1. The number of nitro groups is 2. The maximum atomic E-state index is 14.1. The van der Waals surface area contributed by atoms with Crippen molar-refractivity contribution in [3.63, 3.8) is 0 Å². The number of aliphatic hydroxyl groups is 2. The number of carbonyl (C=O) groups is 1. The van der Waals surface area contributed by atoms with Crippen molar-refractivity contribution in [1.29, 1.82) is 0 Å². The fourth-order valence-electron chi connectivity index (χ4n) is 8.57. The van der Waals surface area contributed by atoms with Crippen LogP contribution in [-0.2, 0) is 16.2 Å². The first kappa shape index (κ1) is 41.8. The summed E-state index contributed by atoms with van der Waals surface area (Å²) < 4.78 is 19.5. The van der Waals surface area contributed by atoms with E-state index in [2.05, 4.69) is 17.8 Å². The van der Waals surface area contributed by atoms with Crippen LogP contribution in [0.25, 0.3) is 0 Å². The lowest BCUT2D eigenvalue weighted by Crippen LogP contribution is -2.69. The largest absolute Gasteiger partial charge is 0.508 e. The summed E-state index contributed by atoms with van der Waals surface area (Å²) in [4.78, 5) is 42.9. The lowest BCUT2D eigenvalue weighted by Gasteiger charge is -2.59. The topological polar surface area (TPSA) is 217 Å². The summed E-state index contributed by atoms with van der Waals surface area (Å²) in [6.07, 6.45) is 7.09. The third kappa shape index (κ3) is 8.83. The molecule has 6 atom stereocenters. The number of ether oxygens (including phenoxy) is 3. The SMILES string of the molecule is C=CCO[C@@]12Oc3ccc(O)cc3[C@H]3[C@H](CCCCO)[C@@H](CCCCO)C=C(C(=NOCc4ccc([N+](=O)[O-])cc4)C[C@@H]1N(C)C(=O)Oc1ccc([N+](=O)[O-])cc1)[C@H]32. The summed E-state index contributed by atoms with van der Waals surface area (Å²) in [5, 5.41) is 57.6. The molecule has 6 rings (SSSR count). The normalized spacial score (nSPS) is 23.7. The number of phenolic OH excluding ortho intramolecular Hbond substituents is 1. The third-order valence-electron chi connectivity index (χ3n) is 11.2. The molecular weight excluding hydrogens is 752 g/mol. The second-order valence-electron chi connectivity index (χ2n) is 14.7. The highest BCUT2D eigenvalue weighted by Crippen LogP contribution is 2.61. The number of benzene rings is 3. The number of unbranched alkanes of at least 4 members (excludes halogenated alkanes) is 2. The number of phenols is 1. The van der Waals surface area contributed by atoms with Gasteiger partial charge in [0.05, 0.1) is 28.1 Å². The van der Waals surface area contributed by atoms with Crippen LogP contribution in [0, 0.1) is 38.0 Å². The smallest absolute Gasteiger partial charge is 0.415 e. The van der Waals surface area contributed by atoms with E-state index in [1.165, 1.54) is 47.4 Å². The number of amides is 1. The molecule has 308 valence electrons. The Labute approximate surface area is 335 Å². The van der Waals surface area contributed by atoms with Crippen molar-refractivity contribution in [2.75, 3.05) is 26.9 Å². The van der Waals surface area contributed by atoms with E-state index < -0.39 is 33.7 Å². The minimum absolute atomic E-state index is 0.0133. The Bertz CT molecular complexity index is 2020. The number of aliphatic hydroxyl groups excluding tert-OH is 2. The number of likely N-dealkylation sites (N-methyl/N-ethyl adjacent to an activating group) is 1. The Morgan fingerprint density at radius 3 is 2.28 bits per heavy atom. The van der Waals surface area contributed by atoms with Crippen LogP contribution in [0.3, 0.4) is 0 Å². The predicted octanol–water partition coefficient (Wildman–Crippen LogP) is 7.17. The minimum Gasteiger partial charge on any atom is -0.508 e. The first-order chi connectivity index (χ1) is 28.0. The van der Waals surface area contributed by atoms with Crippen molar-refractivity contribution >= 4 is 23.2 Å². The molecule has 3 aromatic carbocycles. The zero-order valence-corrected chi connectivity index (χ0v) is 32.2. The molecule has 1 fully saturated rings. The number of non-ortho nitro benzene ring substituents is 2. The first-order valence-corrected chi connectivity index (χ1v) is 19.3. The van der Waals surface area contributed by atoms with Crippen LogP contribution >= 0.6 is 0 Å². The number of nitrogens with zero attached hydrogens (tertiary/aromatic N) is 4. The highest BCUT2D eigenvalue weighted by atomic mass is 16.7. The number of rotatable bonds is 18. The zero-order valence-electron chi connectivity index (χ0n) is 32.2. The fourth-order valence-corrected chi connectivity index (χ4v) is 8.57. The summed E-state index contributed by atoms with van der Waals surface area (Å²) in [5.74, 6) is -2.08. The predicted molar refractivity (Wildman–Crippen MR) is 211 cm³/mol. The van der Waals surface area contributed by atoms with Gasteiger partial charge < -0.3 is 39.3 Å². The molecule has 3 aromatic rings. The second-order valence-corrected chi connectivity index (χ2v) is 14.7. The third-order valence-corrected chi connectivity index (χ3v) is 11.2. The lowest BCUT2D eigenvalue weighted by atomic mass is 9.55. The van der Waals surface area contributed by atoms with E-state index >= 15 is 0 Å². The summed E-state index contributed by atoms with van der Waals surface area (Å²) in [5.41, 5.74) is 2.43. The molecule has 0 saturated heterocycles. The van der Waals surface area contributed by atoms with E-state index in [4.69, 9.17) is 19.0 Å². The van der Waals surface area contributed by atoms with E-state index in [0.717, 1.165) is 24.0 Å². The van der Waals surface area contributed by atoms with Gasteiger partial charge in [-0.05, 0) is 91.1 Å². The molecule has 1 heterocycles. The van der Waals surface area contributed by atoms with Crippen molar-refractivity contribution in [2.24, 2.45) is 22.9 Å². The van der Waals surface area contributed by atoms with Crippen LogP contribution in [0.15, 0.2) is 96.2 Å². The van der Waals surface area contributed by atoms with Crippen molar-refractivity contribution < 1.29 is 49.0 Å². The Kier molecular flexibility index (Phi) is 13.4.